The molecule has 2 aromatic rings. The molecule has 2 amide bonds. The number of carboxylic acids is 1. The maximum absolute atomic E-state index is 13.0. The number of carboxylic acid groups (broad SMARTS) is 1. The van der Waals surface area contributed by atoms with Crippen LogP contribution >= 0.6 is 0 Å². The van der Waals surface area contributed by atoms with Crippen LogP contribution in [0.1, 0.15) is 43.0 Å². The topological polar surface area (TPSA) is 123 Å². The smallest absolute Gasteiger partial charge is 0.328 e. The number of amides is 2. The first kappa shape index (κ1) is 19.4. The Hall–Kier alpha value is -2.97. The van der Waals surface area contributed by atoms with E-state index in [-0.39, 0.29) is 18.2 Å². The van der Waals surface area contributed by atoms with Gasteiger partial charge in [0.2, 0.25) is 0 Å². The summed E-state index contributed by atoms with van der Waals surface area (Å²) in [5.41, 5.74) is 6.60. The number of rotatable bonds is 9. The first-order valence-electron chi connectivity index (χ1n) is 8.29. The molecule has 0 radical (unpaired) electrons. The molecule has 4 N–H and O–H groups in total. The number of benzene rings is 1. The average molecular weight is 363 g/mol. The van der Waals surface area contributed by atoms with Crippen molar-refractivity contribution in [3.05, 3.63) is 47.5 Å². The van der Waals surface area contributed by atoms with E-state index in [2.05, 4.69) is 15.6 Å². The van der Waals surface area contributed by atoms with E-state index in [9.17, 15) is 19.1 Å². The molecule has 0 spiro atoms. The third-order valence-electron chi connectivity index (χ3n) is 4.05. The second-order valence-corrected chi connectivity index (χ2v) is 6.14. The van der Waals surface area contributed by atoms with Crippen molar-refractivity contribution < 1.29 is 19.1 Å². The highest BCUT2D eigenvalue weighted by Gasteiger charge is 2.22. The summed E-state index contributed by atoms with van der Waals surface area (Å²) in [5, 5.41) is 19.8. The SMILES string of the molecule is C[C@@H](Cc1ccc(F)cc1)c1cn([C@@H](CCCNC(N)=O)C(=O)O)nn1. The highest BCUT2D eigenvalue weighted by Crippen LogP contribution is 2.21. The maximum Gasteiger partial charge on any atom is 0.328 e. The highest BCUT2D eigenvalue weighted by molar-refractivity contribution is 5.72. The third-order valence-corrected chi connectivity index (χ3v) is 4.05. The van der Waals surface area contributed by atoms with Crippen molar-refractivity contribution in [3.63, 3.8) is 0 Å². The molecule has 0 bridgehead atoms. The molecule has 0 fully saturated rings. The number of urea groups is 1. The quantitative estimate of drug-likeness (QED) is 0.587. The summed E-state index contributed by atoms with van der Waals surface area (Å²) in [7, 11) is 0. The number of nitrogens with one attached hydrogen (secondary N) is 1. The van der Waals surface area contributed by atoms with Crippen LogP contribution in [-0.2, 0) is 11.2 Å². The number of carbonyl (C=O) groups excluding carboxylic acids is 1. The molecule has 0 unspecified atom stereocenters. The Balaban J connectivity index is 1.99. The normalized spacial score (nSPS) is 13.2. The highest BCUT2D eigenvalue weighted by atomic mass is 19.1. The zero-order chi connectivity index (χ0) is 19.1. The largest absolute Gasteiger partial charge is 0.480 e. The van der Waals surface area contributed by atoms with E-state index < -0.39 is 18.0 Å². The summed E-state index contributed by atoms with van der Waals surface area (Å²) in [5.74, 6) is -1.31. The van der Waals surface area contributed by atoms with Gasteiger partial charge >= 0.3 is 12.0 Å². The second kappa shape index (κ2) is 8.93. The van der Waals surface area contributed by atoms with Crippen LogP contribution in [0.5, 0.6) is 0 Å². The van der Waals surface area contributed by atoms with Gasteiger partial charge in [0.15, 0.2) is 6.04 Å². The minimum atomic E-state index is -1.02. The Morgan fingerprint density at radius 1 is 1.35 bits per heavy atom. The van der Waals surface area contributed by atoms with E-state index in [1.807, 2.05) is 6.92 Å². The van der Waals surface area contributed by atoms with E-state index in [0.29, 0.717) is 25.1 Å². The van der Waals surface area contributed by atoms with Gasteiger partial charge in [0.05, 0.1) is 5.69 Å². The van der Waals surface area contributed by atoms with E-state index in [1.165, 1.54) is 16.8 Å². The molecule has 1 heterocycles. The van der Waals surface area contributed by atoms with Crippen LogP contribution in [0.2, 0.25) is 0 Å². The zero-order valence-corrected chi connectivity index (χ0v) is 14.4. The summed E-state index contributed by atoms with van der Waals surface area (Å²) in [6.45, 7) is 2.24. The lowest BCUT2D eigenvalue weighted by Crippen LogP contribution is -2.30. The molecule has 0 saturated carbocycles. The van der Waals surface area contributed by atoms with Gasteiger partial charge in [0.25, 0.3) is 0 Å². The number of nitrogens with zero attached hydrogens (tertiary/aromatic N) is 3. The van der Waals surface area contributed by atoms with Gasteiger partial charge in [-0.3, -0.25) is 0 Å². The molecule has 0 aliphatic carbocycles. The fraction of sp³-hybridized carbons (Fsp3) is 0.412. The molecular formula is C17H22FN5O3. The molecule has 1 aromatic heterocycles. The molecular weight excluding hydrogens is 341 g/mol. The van der Waals surface area contributed by atoms with Gasteiger partial charge in [-0.25, -0.2) is 18.7 Å². The first-order chi connectivity index (χ1) is 12.4. The minimum absolute atomic E-state index is 0.000171. The molecule has 2 rings (SSSR count). The van der Waals surface area contributed by atoms with Crippen molar-refractivity contribution in [1.29, 1.82) is 0 Å². The Bertz CT molecular complexity index is 747. The Morgan fingerprint density at radius 2 is 2.04 bits per heavy atom. The number of aromatic nitrogens is 3. The minimum Gasteiger partial charge on any atom is -0.480 e. The van der Waals surface area contributed by atoms with Crippen LogP contribution in [-0.4, -0.2) is 38.6 Å². The summed E-state index contributed by atoms with van der Waals surface area (Å²) >= 11 is 0. The van der Waals surface area contributed by atoms with Crippen LogP contribution in [0.3, 0.4) is 0 Å². The number of hydrogen-bond acceptors (Lipinski definition) is 4. The monoisotopic (exact) mass is 363 g/mol. The van der Waals surface area contributed by atoms with Crippen molar-refractivity contribution in [2.24, 2.45) is 5.73 Å². The molecule has 0 saturated heterocycles. The van der Waals surface area contributed by atoms with Gasteiger partial charge in [-0.05, 0) is 37.0 Å². The van der Waals surface area contributed by atoms with Crippen LogP contribution in [0.25, 0.3) is 0 Å². The molecule has 2 atom stereocenters. The Labute approximate surface area is 150 Å². The number of nitrogens with two attached hydrogens (primary N) is 1. The van der Waals surface area contributed by atoms with Gasteiger partial charge in [0.1, 0.15) is 5.82 Å². The van der Waals surface area contributed by atoms with Gasteiger partial charge in [-0.1, -0.05) is 24.3 Å². The fourth-order valence-electron chi connectivity index (χ4n) is 2.62. The standard InChI is InChI=1S/C17H22FN5O3/c1-11(9-12-4-6-13(18)7-5-12)14-10-23(22-21-14)15(16(24)25)3-2-8-20-17(19)26/h4-7,10-11,15H,2-3,8-9H2,1H3,(H,24,25)(H3,19,20,26)/t11-,15-/m0/s1. The Kier molecular flexibility index (Phi) is 6.65. The van der Waals surface area contributed by atoms with E-state index >= 15 is 0 Å². The van der Waals surface area contributed by atoms with Gasteiger partial charge in [-0.2, -0.15) is 0 Å². The molecule has 26 heavy (non-hydrogen) atoms. The second-order valence-electron chi connectivity index (χ2n) is 6.14. The molecule has 0 aliphatic rings. The van der Waals surface area contributed by atoms with Gasteiger partial charge in [0, 0.05) is 18.7 Å². The molecule has 1 aromatic carbocycles. The lowest BCUT2D eigenvalue weighted by atomic mass is 9.98. The molecule has 0 aliphatic heterocycles. The third kappa shape index (κ3) is 5.54. The molecule has 8 nitrogen and oxygen atoms in total. The summed E-state index contributed by atoms with van der Waals surface area (Å²) in [6, 6.07) is 4.71. The lowest BCUT2D eigenvalue weighted by molar-refractivity contribution is -0.141. The first-order valence-corrected chi connectivity index (χ1v) is 8.29. The van der Waals surface area contributed by atoms with Crippen molar-refractivity contribution in [3.8, 4) is 0 Å². The lowest BCUT2D eigenvalue weighted by Gasteiger charge is -2.12. The number of halogens is 1. The van der Waals surface area contributed by atoms with Crippen LogP contribution in [0.15, 0.2) is 30.5 Å². The van der Waals surface area contributed by atoms with Crippen LogP contribution < -0.4 is 11.1 Å². The van der Waals surface area contributed by atoms with E-state index in [0.717, 1.165) is 5.56 Å². The predicted octanol–water partition coefficient (Wildman–Crippen LogP) is 1.84. The number of aliphatic carboxylic acids is 1. The van der Waals surface area contributed by atoms with E-state index in [4.69, 9.17) is 5.73 Å². The predicted molar refractivity (Wildman–Crippen MR) is 92.0 cm³/mol. The van der Waals surface area contributed by atoms with Crippen LogP contribution in [0.4, 0.5) is 9.18 Å². The van der Waals surface area contributed by atoms with Crippen LogP contribution in [0, 0.1) is 5.82 Å². The molecule has 9 heteroatoms. The maximum atomic E-state index is 13.0. The Morgan fingerprint density at radius 3 is 2.65 bits per heavy atom. The average Bonchev–Trinajstić information content (AvgIpc) is 3.06. The fourth-order valence-corrected chi connectivity index (χ4v) is 2.62. The van der Waals surface area contributed by atoms with Gasteiger partial charge < -0.3 is 16.2 Å². The van der Waals surface area contributed by atoms with Crippen molar-refractivity contribution >= 4 is 12.0 Å². The summed E-state index contributed by atoms with van der Waals surface area (Å²) in [4.78, 5) is 22.1. The summed E-state index contributed by atoms with van der Waals surface area (Å²) in [6.07, 6.45) is 2.98. The number of hydrogen-bond donors (Lipinski definition) is 3. The number of primary amides is 1. The van der Waals surface area contributed by atoms with Crippen molar-refractivity contribution in [2.45, 2.75) is 38.1 Å². The molecule has 140 valence electrons. The zero-order valence-electron chi connectivity index (χ0n) is 14.4. The van der Waals surface area contributed by atoms with E-state index in [1.54, 1.807) is 18.3 Å². The van der Waals surface area contributed by atoms with Gasteiger partial charge in [-0.15, -0.1) is 5.10 Å². The number of carbonyl (C=O) groups is 2. The van der Waals surface area contributed by atoms with Crippen molar-refractivity contribution in [1.82, 2.24) is 20.3 Å². The van der Waals surface area contributed by atoms with Crippen molar-refractivity contribution in [2.75, 3.05) is 6.54 Å². The summed E-state index contributed by atoms with van der Waals surface area (Å²) < 4.78 is 14.3.